The minimum absolute atomic E-state index is 0.125. The van der Waals surface area contributed by atoms with Crippen LogP contribution in [-0.2, 0) is 17.9 Å². The quantitative estimate of drug-likeness (QED) is 0.175. The van der Waals surface area contributed by atoms with Crippen LogP contribution in [0.5, 0.6) is 0 Å². The second kappa shape index (κ2) is 10.0. The molecule has 4 aromatic carbocycles. The molecular formula is C34H34Cl2SiZr. The molecular weight excluding hydrogens is 599 g/mol. The average molecular weight is 633 g/mol. The summed E-state index contributed by atoms with van der Waals surface area (Å²) < 4.78 is 1.43. The summed E-state index contributed by atoms with van der Waals surface area (Å²) in [5, 5.41) is 3.01. The number of hydrogen-bond acceptors (Lipinski definition) is 0. The fourth-order valence-corrected chi connectivity index (χ4v) is 23.6. The molecule has 0 radical (unpaired) electrons. The zero-order valence-corrected chi connectivity index (χ0v) is 28.2. The van der Waals surface area contributed by atoms with Gasteiger partial charge >= 0.3 is 243 Å². The summed E-state index contributed by atoms with van der Waals surface area (Å²) in [7, 11) is 15.1. The van der Waals surface area contributed by atoms with E-state index >= 15 is 0 Å². The van der Waals surface area contributed by atoms with E-state index in [-0.39, 0.29) is 3.63 Å². The third kappa shape index (κ3) is 4.46. The van der Waals surface area contributed by atoms with E-state index in [4.69, 9.17) is 17.0 Å². The van der Waals surface area contributed by atoms with E-state index in [9.17, 15) is 0 Å². The van der Waals surface area contributed by atoms with Crippen LogP contribution < -0.4 is 13.6 Å². The number of rotatable bonds is 5. The molecule has 4 aromatic rings. The Balaban J connectivity index is 1.54. The van der Waals surface area contributed by atoms with Gasteiger partial charge in [0, 0.05) is 0 Å². The van der Waals surface area contributed by atoms with Crippen LogP contribution in [0.2, 0.25) is 0 Å². The predicted octanol–water partition coefficient (Wildman–Crippen LogP) is 7.65. The molecule has 0 aromatic heterocycles. The first-order valence-electron chi connectivity index (χ1n) is 13.7. The Hall–Kier alpha value is -1.70. The molecule has 0 amide bonds. The SMILES string of the molecule is Cc1cc(C)cc(-c2c(C)ccc3c2C=C(CC(C)C)[CH]3[Zr]([Cl])([Cl])[c]2cccc3c2[SiH2]c2ccccc2-3)c1. The van der Waals surface area contributed by atoms with E-state index in [1.807, 2.05) is 0 Å². The third-order valence-electron chi connectivity index (χ3n) is 8.23. The molecule has 1 aliphatic carbocycles. The molecule has 1 aliphatic heterocycles. The third-order valence-corrected chi connectivity index (χ3v) is 22.6. The van der Waals surface area contributed by atoms with Crippen molar-refractivity contribution in [1.29, 1.82) is 0 Å². The van der Waals surface area contributed by atoms with Gasteiger partial charge in [-0.1, -0.05) is 0 Å². The van der Waals surface area contributed by atoms with Crippen molar-refractivity contribution < 1.29 is 17.9 Å². The van der Waals surface area contributed by atoms with Crippen molar-refractivity contribution in [1.82, 2.24) is 0 Å². The molecule has 6 rings (SSSR count). The Morgan fingerprint density at radius 3 is 2.29 bits per heavy atom. The van der Waals surface area contributed by atoms with Gasteiger partial charge in [-0.25, -0.2) is 0 Å². The van der Waals surface area contributed by atoms with E-state index in [1.54, 1.807) is 0 Å². The van der Waals surface area contributed by atoms with Crippen molar-refractivity contribution in [3.63, 3.8) is 0 Å². The van der Waals surface area contributed by atoms with Crippen molar-refractivity contribution in [2.24, 2.45) is 5.92 Å². The molecule has 0 spiro atoms. The number of aryl methyl sites for hydroxylation is 3. The molecule has 0 nitrogen and oxygen atoms in total. The molecule has 1 unspecified atom stereocenters. The summed E-state index contributed by atoms with van der Waals surface area (Å²) in [6.07, 6.45) is 3.49. The summed E-state index contributed by atoms with van der Waals surface area (Å²) >= 11 is -3.96. The van der Waals surface area contributed by atoms with Gasteiger partial charge in [0.2, 0.25) is 0 Å². The number of benzene rings is 4. The van der Waals surface area contributed by atoms with Crippen molar-refractivity contribution in [2.45, 2.75) is 44.7 Å². The fraction of sp³-hybridized carbons (Fsp3) is 0.235. The summed E-state index contributed by atoms with van der Waals surface area (Å²) in [4.78, 5) is 0. The second-order valence-electron chi connectivity index (χ2n) is 11.7. The Labute approximate surface area is 241 Å². The molecule has 0 saturated heterocycles. The van der Waals surface area contributed by atoms with E-state index in [0.29, 0.717) is 5.92 Å². The summed E-state index contributed by atoms with van der Waals surface area (Å²) in [5.74, 6) is 0.541. The Morgan fingerprint density at radius 1 is 0.842 bits per heavy atom. The van der Waals surface area contributed by atoms with E-state index in [0.717, 1.165) is 6.42 Å². The standard InChI is InChI=1S/C22H25.C12H9Si.2ClH.Zr/c1-14(2)8-18-12-19-7-6-17(5)22(21(19)13-18)20-10-15(3)9-16(4)11-20;1-3-7-11-9(5-1)10-6-2-4-8-12(10)13-11;;;/h6-7,9-14H,8H2,1-5H3;1-7H,13H2;2*1H;/q;;;;+2/p-2. The van der Waals surface area contributed by atoms with Crippen LogP contribution in [-0.4, -0.2) is 9.52 Å². The molecule has 1 heterocycles. The Bertz CT molecular complexity index is 1600. The molecule has 192 valence electrons. The molecule has 4 heteroatoms. The fourth-order valence-electron chi connectivity index (χ4n) is 6.82. The summed E-state index contributed by atoms with van der Waals surface area (Å²) in [6, 6.07) is 27.2. The van der Waals surface area contributed by atoms with Crippen LogP contribution >= 0.6 is 17.0 Å². The number of hydrogen-bond donors (Lipinski definition) is 0. The maximum atomic E-state index is 7.85. The minimum atomic E-state index is -3.96. The zero-order valence-electron chi connectivity index (χ0n) is 22.8. The van der Waals surface area contributed by atoms with Crippen molar-refractivity contribution in [3.8, 4) is 22.3 Å². The van der Waals surface area contributed by atoms with E-state index < -0.39 is 27.4 Å². The molecule has 1 atom stereocenters. The van der Waals surface area contributed by atoms with Gasteiger partial charge in [0.25, 0.3) is 0 Å². The van der Waals surface area contributed by atoms with Gasteiger partial charge < -0.3 is 0 Å². The molecule has 0 N–H and O–H groups in total. The number of allylic oxidation sites excluding steroid dienone is 1. The monoisotopic (exact) mass is 630 g/mol. The van der Waals surface area contributed by atoms with E-state index in [2.05, 4.69) is 113 Å². The molecule has 0 fully saturated rings. The average Bonchev–Trinajstić information content (AvgIpc) is 3.41. The summed E-state index contributed by atoms with van der Waals surface area (Å²) in [5.41, 5.74) is 13.4. The van der Waals surface area contributed by atoms with Crippen LogP contribution in [0.15, 0.2) is 78.4 Å². The van der Waals surface area contributed by atoms with Crippen molar-refractivity contribution in [3.05, 3.63) is 106 Å². The van der Waals surface area contributed by atoms with Gasteiger partial charge in [-0.15, -0.1) is 0 Å². The van der Waals surface area contributed by atoms with Gasteiger partial charge in [-0.3, -0.25) is 0 Å². The van der Waals surface area contributed by atoms with Crippen LogP contribution in [0.1, 0.15) is 51.7 Å². The van der Waals surface area contributed by atoms with Crippen LogP contribution in [0.25, 0.3) is 28.3 Å². The Kier molecular flexibility index (Phi) is 7.01. The van der Waals surface area contributed by atoms with Gasteiger partial charge in [0.1, 0.15) is 0 Å². The molecule has 0 saturated carbocycles. The Morgan fingerprint density at radius 2 is 1.55 bits per heavy atom. The number of fused-ring (bicyclic) bond motifs is 4. The van der Waals surface area contributed by atoms with E-state index in [1.165, 1.54) is 69.3 Å². The maximum absolute atomic E-state index is 7.85. The topological polar surface area (TPSA) is 0 Å². The van der Waals surface area contributed by atoms with Gasteiger partial charge in [0.15, 0.2) is 0 Å². The molecule has 38 heavy (non-hydrogen) atoms. The van der Waals surface area contributed by atoms with Crippen LogP contribution in [0.4, 0.5) is 0 Å². The number of halogens is 2. The van der Waals surface area contributed by atoms with Crippen LogP contribution in [0.3, 0.4) is 0 Å². The second-order valence-corrected chi connectivity index (χ2v) is 27.5. The van der Waals surface area contributed by atoms with Gasteiger partial charge in [-0.05, 0) is 0 Å². The van der Waals surface area contributed by atoms with Gasteiger partial charge in [0.05, 0.1) is 0 Å². The first kappa shape index (κ1) is 26.5. The zero-order chi connectivity index (χ0) is 26.8. The van der Waals surface area contributed by atoms with Crippen molar-refractivity contribution >= 4 is 46.3 Å². The first-order valence-corrected chi connectivity index (χ1v) is 24.1. The summed E-state index contributed by atoms with van der Waals surface area (Å²) in [6.45, 7) is 11.2. The first-order chi connectivity index (χ1) is 18.1. The predicted molar refractivity (Wildman–Crippen MR) is 167 cm³/mol. The van der Waals surface area contributed by atoms with Gasteiger partial charge in [-0.2, -0.15) is 0 Å². The molecule has 0 bridgehead atoms. The molecule has 2 aliphatic rings. The van der Waals surface area contributed by atoms with Crippen molar-refractivity contribution in [2.75, 3.05) is 0 Å². The normalized spacial score (nSPS) is 16.5. The van der Waals surface area contributed by atoms with Crippen LogP contribution in [0, 0.1) is 26.7 Å².